The third-order valence-electron chi connectivity index (χ3n) is 5.55. The summed E-state index contributed by atoms with van der Waals surface area (Å²) in [7, 11) is 1.48. The third-order valence-corrected chi connectivity index (χ3v) is 6.29. The van der Waals surface area contributed by atoms with E-state index in [1.165, 1.54) is 7.11 Å². The summed E-state index contributed by atoms with van der Waals surface area (Å²) in [5.41, 5.74) is 1.44. The summed E-state index contributed by atoms with van der Waals surface area (Å²) in [6.45, 7) is 7.31. The highest BCUT2D eigenvalue weighted by Gasteiger charge is 2.14. The van der Waals surface area contributed by atoms with Crippen molar-refractivity contribution in [1.82, 2.24) is 10.2 Å². The van der Waals surface area contributed by atoms with Crippen molar-refractivity contribution in [2.75, 3.05) is 43.9 Å². The first-order valence-corrected chi connectivity index (χ1v) is 12.6. The van der Waals surface area contributed by atoms with Crippen LogP contribution in [0.3, 0.4) is 0 Å². The molecular weight excluding hydrogens is 515 g/mol. The van der Waals surface area contributed by atoms with Crippen molar-refractivity contribution in [2.45, 2.75) is 13.8 Å². The van der Waals surface area contributed by atoms with Gasteiger partial charge in [0.05, 0.1) is 22.7 Å². The zero-order valence-corrected chi connectivity index (χ0v) is 22.4. The minimum Gasteiger partial charge on any atom is -0.496 e. The summed E-state index contributed by atoms with van der Waals surface area (Å²) in [6, 6.07) is 16.3. The predicted octanol–water partition coefficient (Wildman–Crippen LogP) is 6.51. The fraction of sp³-hybridized carbons (Fsp3) is 0.259. The number of nitrogens with zero attached hydrogens (tertiary/aromatic N) is 1. The summed E-state index contributed by atoms with van der Waals surface area (Å²) < 4.78 is 11.1. The molecule has 0 unspecified atom stereocenters. The number of hydrogen-bond acceptors (Lipinski definition) is 5. The number of benzene rings is 3. The van der Waals surface area contributed by atoms with Gasteiger partial charge in [-0.1, -0.05) is 37.0 Å². The van der Waals surface area contributed by atoms with Gasteiger partial charge < -0.3 is 30.3 Å². The van der Waals surface area contributed by atoms with Crippen LogP contribution in [0.1, 0.15) is 24.2 Å². The molecule has 0 fully saturated rings. The van der Waals surface area contributed by atoms with Crippen molar-refractivity contribution in [2.24, 2.45) is 0 Å². The second-order valence-corrected chi connectivity index (χ2v) is 8.79. The van der Waals surface area contributed by atoms with Gasteiger partial charge in [-0.25, -0.2) is 4.79 Å². The lowest BCUT2D eigenvalue weighted by Crippen LogP contribution is -2.34. The number of nitrogens with one attached hydrogen (secondary N) is 3. The number of rotatable bonds is 11. The Morgan fingerprint density at radius 3 is 2.14 bits per heavy atom. The number of halogens is 2. The van der Waals surface area contributed by atoms with Crippen LogP contribution in [-0.2, 0) is 0 Å². The van der Waals surface area contributed by atoms with E-state index in [0.717, 1.165) is 19.6 Å². The quantitative estimate of drug-likeness (QED) is 0.256. The maximum Gasteiger partial charge on any atom is 0.323 e. The Labute approximate surface area is 226 Å². The van der Waals surface area contributed by atoms with Crippen LogP contribution in [-0.4, -0.2) is 50.1 Å². The van der Waals surface area contributed by atoms with E-state index in [2.05, 4.69) is 34.7 Å². The van der Waals surface area contributed by atoms with Crippen LogP contribution in [0.15, 0.2) is 60.7 Å². The number of urea groups is 1. The molecule has 0 aliphatic rings. The molecule has 0 aromatic heterocycles. The van der Waals surface area contributed by atoms with Crippen LogP contribution >= 0.6 is 23.2 Å². The average Bonchev–Trinajstić information content (AvgIpc) is 2.89. The van der Waals surface area contributed by atoms with Crippen molar-refractivity contribution >= 4 is 46.5 Å². The number of anilines is 2. The largest absolute Gasteiger partial charge is 0.496 e. The standard InChI is InChI=1S/C27H30Cl2N4O4/c1-4-33(5-2)15-14-30-26(34)22-12-8-19(16-25(22)36-3)32-27(35)31-18-6-9-20(10-7-18)37-21-11-13-23(28)24(29)17-21/h6-13,16-17H,4-5,14-15H2,1-3H3,(H,30,34)(H2,31,32,35). The molecule has 8 nitrogen and oxygen atoms in total. The molecule has 3 rings (SSSR count). The van der Waals surface area contributed by atoms with Crippen LogP contribution in [0, 0.1) is 0 Å². The third kappa shape index (κ3) is 8.28. The maximum absolute atomic E-state index is 12.6. The van der Waals surface area contributed by atoms with E-state index in [4.69, 9.17) is 32.7 Å². The van der Waals surface area contributed by atoms with Crippen LogP contribution < -0.4 is 25.4 Å². The number of carbonyl (C=O) groups is 2. The molecule has 0 aliphatic carbocycles. The lowest BCUT2D eigenvalue weighted by Gasteiger charge is -2.18. The van der Waals surface area contributed by atoms with Crippen molar-refractivity contribution in [1.29, 1.82) is 0 Å². The van der Waals surface area contributed by atoms with Crippen molar-refractivity contribution in [3.63, 3.8) is 0 Å². The Bertz CT molecular complexity index is 1220. The number of ether oxygens (including phenoxy) is 2. The Hall–Kier alpha value is -3.46. The molecule has 0 atom stereocenters. The highest BCUT2D eigenvalue weighted by Crippen LogP contribution is 2.30. The highest BCUT2D eigenvalue weighted by atomic mass is 35.5. The molecule has 0 bridgehead atoms. The van der Waals surface area contributed by atoms with Gasteiger partial charge in [-0.05, 0) is 61.6 Å². The number of methoxy groups -OCH3 is 1. The molecule has 3 aromatic carbocycles. The van der Waals surface area contributed by atoms with Crippen LogP contribution in [0.4, 0.5) is 16.2 Å². The van der Waals surface area contributed by atoms with Gasteiger partial charge in [-0.3, -0.25) is 4.79 Å². The molecule has 0 spiro atoms. The van der Waals surface area contributed by atoms with Gasteiger partial charge in [0, 0.05) is 36.6 Å². The van der Waals surface area contributed by atoms with E-state index in [0.29, 0.717) is 50.8 Å². The normalized spacial score (nSPS) is 10.6. The van der Waals surface area contributed by atoms with Gasteiger partial charge >= 0.3 is 6.03 Å². The summed E-state index contributed by atoms with van der Waals surface area (Å²) >= 11 is 11.9. The molecule has 3 N–H and O–H groups in total. The second kappa shape index (κ2) is 13.7. The van der Waals surface area contributed by atoms with E-state index >= 15 is 0 Å². The highest BCUT2D eigenvalue weighted by molar-refractivity contribution is 6.42. The Morgan fingerprint density at radius 1 is 0.838 bits per heavy atom. The minimum absolute atomic E-state index is 0.233. The molecule has 0 aliphatic heterocycles. The zero-order chi connectivity index (χ0) is 26.8. The molecule has 37 heavy (non-hydrogen) atoms. The maximum atomic E-state index is 12.6. The van der Waals surface area contributed by atoms with E-state index in [-0.39, 0.29) is 5.91 Å². The smallest absolute Gasteiger partial charge is 0.323 e. The fourth-order valence-electron chi connectivity index (χ4n) is 3.50. The lowest BCUT2D eigenvalue weighted by atomic mass is 10.1. The number of likely N-dealkylation sites (N-methyl/N-ethyl adjacent to an activating group) is 1. The summed E-state index contributed by atoms with van der Waals surface area (Å²) in [4.78, 5) is 27.3. The lowest BCUT2D eigenvalue weighted by molar-refractivity contribution is 0.0946. The van der Waals surface area contributed by atoms with Crippen LogP contribution in [0.25, 0.3) is 0 Å². The topological polar surface area (TPSA) is 91.9 Å². The van der Waals surface area contributed by atoms with Gasteiger partial charge in [-0.2, -0.15) is 0 Å². The SMILES string of the molecule is CCN(CC)CCNC(=O)c1ccc(NC(=O)Nc2ccc(Oc3ccc(Cl)c(Cl)c3)cc2)cc1OC. The first-order chi connectivity index (χ1) is 17.8. The van der Waals surface area contributed by atoms with E-state index in [1.807, 2.05) is 0 Å². The fourth-order valence-corrected chi connectivity index (χ4v) is 3.78. The molecule has 0 radical (unpaired) electrons. The predicted molar refractivity (Wildman–Crippen MR) is 149 cm³/mol. The second-order valence-electron chi connectivity index (χ2n) is 7.98. The number of hydrogen-bond donors (Lipinski definition) is 3. The Morgan fingerprint density at radius 2 is 1.49 bits per heavy atom. The molecule has 3 amide bonds. The monoisotopic (exact) mass is 544 g/mol. The first kappa shape index (κ1) is 28.1. The van der Waals surface area contributed by atoms with Crippen LogP contribution in [0.5, 0.6) is 17.2 Å². The van der Waals surface area contributed by atoms with Crippen LogP contribution in [0.2, 0.25) is 10.0 Å². The molecular formula is C27H30Cl2N4O4. The minimum atomic E-state index is -0.448. The van der Waals surface area contributed by atoms with E-state index in [9.17, 15) is 9.59 Å². The number of amides is 3. The van der Waals surface area contributed by atoms with Crippen molar-refractivity contribution in [3.8, 4) is 17.2 Å². The number of carbonyl (C=O) groups excluding carboxylic acids is 2. The molecule has 3 aromatic rings. The van der Waals surface area contributed by atoms with E-state index in [1.54, 1.807) is 60.7 Å². The Kier molecular flexibility index (Phi) is 10.4. The van der Waals surface area contributed by atoms with Gasteiger partial charge in [0.15, 0.2) is 0 Å². The van der Waals surface area contributed by atoms with Gasteiger partial charge in [0.25, 0.3) is 5.91 Å². The summed E-state index contributed by atoms with van der Waals surface area (Å²) in [5, 5.41) is 9.25. The zero-order valence-electron chi connectivity index (χ0n) is 20.9. The summed E-state index contributed by atoms with van der Waals surface area (Å²) in [6.07, 6.45) is 0. The summed E-state index contributed by atoms with van der Waals surface area (Å²) in [5.74, 6) is 1.24. The first-order valence-electron chi connectivity index (χ1n) is 11.8. The average molecular weight is 545 g/mol. The van der Waals surface area contributed by atoms with Gasteiger partial charge in [-0.15, -0.1) is 0 Å². The molecule has 196 valence electrons. The van der Waals surface area contributed by atoms with E-state index < -0.39 is 6.03 Å². The van der Waals surface area contributed by atoms with Crippen molar-refractivity contribution in [3.05, 3.63) is 76.3 Å². The van der Waals surface area contributed by atoms with Gasteiger partial charge in [0.1, 0.15) is 17.2 Å². The molecule has 0 saturated carbocycles. The van der Waals surface area contributed by atoms with Gasteiger partial charge in [0.2, 0.25) is 0 Å². The van der Waals surface area contributed by atoms with Crippen molar-refractivity contribution < 1.29 is 19.1 Å². The molecule has 10 heteroatoms. The molecule has 0 saturated heterocycles. The molecule has 0 heterocycles. The Balaban J connectivity index is 1.55.